The number of hydrogen-bond donors (Lipinski definition) is 1. The van der Waals surface area contributed by atoms with Gasteiger partial charge >= 0.3 is 0 Å². The first kappa shape index (κ1) is 52.1. The van der Waals surface area contributed by atoms with Gasteiger partial charge in [0.2, 0.25) is 0 Å². The summed E-state index contributed by atoms with van der Waals surface area (Å²) in [5.74, 6) is 0. The first-order valence-corrected chi connectivity index (χ1v) is 21.1. The number of nitrogens with zero attached hydrogens (tertiary/aromatic N) is 2. The molecule has 44 heavy (non-hydrogen) atoms. The molecule has 1 heterocycles. The van der Waals surface area contributed by atoms with Crippen molar-refractivity contribution in [3.05, 3.63) is 94.0 Å². The molecule has 0 spiro atoms. The Kier molecular flexibility index (Phi) is 33.0. The third kappa shape index (κ3) is 22.1. The zero-order chi connectivity index (χ0) is 35.1. The number of aryl methyl sites for hydroxylation is 6. The average molecular weight is 744 g/mol. The van der Waals surface area contributed by atoms with E-state index in [-0.39, 0.29) is 20.4 Å². The van der Waals surface area contributed by atoms with Crippen LogP contribution in [0.3, 0.4) is 0 Å². The van der Waals surface area contributed by atoms with Gasteiger partial charge in [-0.25, -0.2) is 10.0 Å². The molecule has 0 saturated heterocycles. The van der Waals surface area contributed by atoms with E-state index in [9.17, 15) is 0 Å². The van der Waals surface area contributed by atoms with E-state index in [0.29, 0.717) is 0 Å². The van der Waals surface area contributed by atoms with Crippen molar-refractivity contribution in [2.45, 2.75) is 96.9 Å². The van der Waals surface area contributed by atoms with E-state index >= 15 is 0 Å². The Labute approximate surface area is 293 Å². The minimum atomic E-state index is -1.40. The van der Waals surface area contributed by atoms with Gasteiger partial charge in [-0.3, -0.25) is 0 Å². The molecule has 0 unspecified atom stereocenters. The molecule has 2 aromatic rings. The first-order valence-electron chi connectivity index (χ1n) is 15.8. The van der Waals surface area contributed by atoms with E-state index in [4.69, 9.17) is 4.55 Å². The van der Waals surface area contributed by atoms with Crippen LogP contribution in [0.25, 0.3) is 0 Å². The molecule has 0 atom stereocenters. The fourth-order valence-corrected chi connectivity index (χ4v) is 3.96. The van der Waals surface area contributed by atoms with Gasteiger partial charge in [-0.2, -0.15) is 0 Å². The molecule has 1 aliphatic rings. The summed E-state index contributed by atoms with van der Waals surface area (Å²) in [5, 5.41) is 3.60. The van der Waals surface area contributed by atoms with Crippen LogP contribution in [0.1, 0.15) is 88.8 Å². The summed E-state index contributed by atoms with van der Waals surface area (Å²) in [5.41, 5.74) is 10.7. The van der Waals surface area contributed by atoms with Crippen LogP contribution in [-0.4, -0.2) is 42.5 Å². The van der Waals surface area contributed by atoms with E-state index in [0.717, 1.165) is 6.67 Å². The molecular formula is C38H72N2OPdS2. The Morgan fingerprint density at radius 1 is 0.568 bits per heavy atom. The molecule has 1 N–H and O–H groups in total. The van der Waals surface area contributed by atoms with Crippen molar-refractivity contribution >= 4 is 31.7 Å². The molecule has 0 radical (unpaired) electrons. The molecule has 1 aliphatic heterocycles. The van der Waals surface area contributed by atoms with Crippen LogP contribution in [0.4, 0.5) is 11.4 Å². The Morgan fingerprint density at radius 2 is 0.773 bits per heavy atom. The van der Waals surface area contributed by atoms with Gasteiger partial charge < -0.3 is 14.4 Å². The van der Waals surface area contributed by atoms with Crippen LogP contribution < -0.4 is 9.80 Å². The average Bonchev–Trinajstić information content (AvgIpc) is 3.41. The van der Waals surface area contributed by atoms with Crippen molar-refractivity contribution in [3.63, 3.8) is 0 Å². The molecule has 0 saturated carbocycles. The molecule has 2 aromatic carbocycles. The van der Waals surface area contributed by atoms with Gasteiger partial charge in [-0.15, -0.1) is 10.3 Å². The summed E-state index contributed by atoms with van der Waals surface area (Å²) < 4.78 is 8.79. The van der Waals surface area contributed by atoms with E-state index in [1.54, 1.807) is 17.9 Å². The van der Waals surface area contributed by atoms with E-state index in [1.165, 1.54) is 44.8 Å². The fraction of sp³-hybridized carbons (Fsp3) is 0.526. The molecule has 0 bridgehead atoms. The first-order chi connectivity index (χ1) is 20.0. The Morgan fingerprint density at radius 3 is 0.932 bits per heavy atom. The van der Waals surface area contributed by atoms with Crippen molar-refractivity contribution in [1.29, 1.82) is 0 Å². The summed E-state index contributed by atoms with van der Waals surface area (Å²) in [7, 11) is -1.80. The minimum absolute atomic E-state index is 0. The van der Waals surface area contributed by atoms with Crippen molar-refractivity contribution in [3.8, 4) is 0 Å². The van der Waals surface area contributed by atoms with Gasteiger partial charge in [0.1, 0.15) is 0 Å². The smallest absolute Gasteiger partial charge is 0.0989 e. The van der Waals surface area contributed by atoms with Crippen LogP contribution in [0, 0.1) is 41.5 Å². The Bertz CT molecular complexity index is 938. The molecule has 0 aromatic heterocycles. The summed E-state index contributed by atoms with van der Waals surface area (Å²) in [6.07, 6.45) is 14.5. The van der Waals surface area contributed by atoms with Gasteiger partial charge in [0.05, 0.1) is 6.67 Å². The number of benzene rings is 2. The topological polar surface area (TPSA) is 26.7 Å². The standard InChI is InChI=1S/C21H26N2.C5H12S.C4H10OS.4C2H6.Pd/c1-14-9-16(3)20(17(4)10-14)22-7-8-23(13-22)21-18(5)11-15(2)12-19(21)6;1-5-6(2,3)4;1-4-6(2,3)5;4*1-2;/h7-12H,13H2,1-6H3;5H,1H2,2-4H3;4-5H,1H2,2-3H3;4*1-2H3;. The van der Waals surface area contributed by atoms with Crippen molar-refractivity contribution in [1.82, 2.24) is 0 Å². The summed E-state index contributed by atoms with van der Waals surface area (Å²) >= 11 is 0. The molecule has 3 nitrogen and oxygen atoms in total. The predicted octanol–water partition coefficient (Wildman–Crippen LogP) is 12.9. The predicted molar refractivity (Wildman–Crippen MR) is 213 cm³/mol. The van der Waals surface area contributed by atoms with Crippen LogP contribution in [0.15, 0.2) is 60.6 Å². The summed E-state index contributed by atoms with van der Waals surface area (Å²) in [6.45, 7) is 37.1. The number of rotatable bonds is 4. The van der Waals surface area contributed by atoms with E-state index in [1.807, 2.05) is 60.8 Å². The quantitative estimate of drug-likeness (QED) is 0.316. The molecule has 3 rings (SSSR count). The van der Waals surface area contributed by atoms with Gasteiger partial charge in [-0.1, -0.05) is 109 Å². The zero-order valence-electron chi connectivity index (χ0n) is 32.2. The SMILES string of the molecule is C=CS(C)(C)C.C=CS(C)(C)O.CC.CC.CC.CC.Cc1cc(C)c(N2C=CN(c3c(C)cc(C)cc3C)C2)c(C)c1.[Pd]. The second kappa shape index (κ2) is 27.9. The molecular weight excluding hydrogens is 671 g/mol. The largest absolute Gasteiger partial charge is 0.348 e. The number of anilines is 2. The second-order valence-corrected chi connectivity index (χ2v) is 17.7. The molecule has 6 heteroatoms. The van der Waals surface area contributed by atoms with E-state index < -0.39 is 20.3 Å². The molecule has 0 aliphatic carbocycles. The normalized spacial score (nSPS) is 11.6. The Hall–Kier alpha value is -1.42. The second-order valence-electron chi connectivity index (χ2n) is 10.5. The molecule has 0 amide bonds. The van der Waals surface area contributed by atoms with Crippen molar-refractivity contribution in [2.24, 2.45) is 0 Å². The number of hydrogen-bond acceptors (Lipinski definition) is 3. The monoisotopic (exact) mass is 742 g/mol. The molecule has 262 valence electrons. The van der Waals surface area contributed by atoms with Crippen LogP contribution >= 0.6 is 20.3 Å². The van der Waals surface area contributed by atoms with Gasteiger partial charge in [0, 0.05) is 44.2 Å². The zero-order valence-corrected chi connectivity index (χ0v) is 35.4. The van der Waals surface area contributed by atoms with Crippen molar-refractivity contribution < 1.29 is 25.0 Å². The van der Waals surface area contributed by atoms with Crippen LogP contribution in [0.5, 0.6) is 0 Å². The molecule has 0 fully saturated rings. The van der Waals surface area contributed by atoms with Gasteiger partial charge in [0.25, 0.3) is 0 Å². The third-order valence-electron chi connectivity index (χ3n) is 5.48. The third-order valence-corrected chi connectivity index (χ3v) is 7.30. The maximum Gasteiger partial charge on any atom is 0.0989 e. The minimum Gasteiger partial charge on any atom is -0.348 e. The maximum absolute atomic E-state index is 8.79. The summed E-state index contributed by atoms with van der Waals surface area (Å²) in [6, 6.07) is 9.06. The summed E-state index contributed by atoms with van der Waals surface area (Å²) in [4.78, 5) is 4.70. The van der Waals surface area contributed by atoms with Gasteiger partial charge in [-0.05, 0) is 100 Å². The maximum atomic E-state index is 8.79. The van der Waals surface area contributed by atoms with E-state index in [2.05, 4.69) is 120 Å². The van der Waals surface area contributed by atoms with Crippen LogP contribution in [0.2, 0.25) is 0 Å². The Balaban J connectivity index is -0.000000201. The van der Waals surface area contributed by atoms with Gasteiger partial charge in [0.15, 0.2) is 0 Å². The fourth-order valence-electron chi connectivity index (χ4n) is 3.96. The van der Waals surface area contributed by atoms with Crippen molar-refractivity contribution in [2.75, 3.05) is 47.7 Å². The van der Waals surface area contributed by atoms with Crippen LogP contribution in [-0.2, 0) is 20.4 Å².